The summed E-state index contributed by atoms with van der Waals surface area (Å²) in [6, 6.07) is 22.0. The van der Waals surface area contributed by atoms with Gasteiger partial charge < -0.3 is 26.0 Å². The molecule has 0 bridgehead atoms. The third-order valence-electron chi connectivity index (χ3n) is 7.55. The Balaban J connectivity index is 0.000000253. The number of alkyl halides is 3. The molecule has 5 rings (SSSR count). The lowest BCUT2D eigenvalue weighted by atomic mass is 9.95. The van der Waals surface area contributed by atoms with Crippen LogP contribution in [0, 0.1) is 11.7 Å². The first-order valence-electron chi connectivity index (χ1n) is 16.1. The molecule has 0 aromatic heterocycles. The van der Waals surface area contributed by atoms with Crippen molar-refractivity contribution in [3.05, 3.63) is 95.3 Å². The second kappa shape index (κ2) is 20.2. The normalized spacial score (nSPS) is 16.8. The standard InChI is InChI=1S/C15H18F3NO.C11H17NO.C10H10FNO.CH3NO/c16-15(17,18)8-14-9-19(10-14)7-1-2-12-3-5-13(11-20)6-4-12;1-11(2,3)13-10-8-6-5-7-9(10)12-4;11-8-3-1-7(2-4-8)9-5-10(9)12-6-13;2-1-3/h3-6,11,14H,1-2,7-10H2;5-8,12H,1-4H3;1-4,6,9-10H,5H2,(H,12,13);1H,(H2,2,3). The summed E-state index contributed by atoms with van der Waals surface area (Å²) >= 11 is 0. The summed E-state index contributed by atoms with van der Waals surface area (Å²) in [6.45, 7) is 8.08. The molecule has 2 unspecified atom stereocenters. The molecule has 1 saturated heterocycles. The van der Waals surface area contributed by atoms with Crippen LogP contribution in [0.2, 0.25) is 0 Å². The van der Waals surface area contributed by atoms with Gasteiger partial charge >= 0.3 is 6.18 Å². The van der Waals surface area contributed by atoms with Crippen LogP contribution in [0.15, 0.2) is 72.8 Å². The first kappa shape index (κ1) is 40.7. The van der Waals surface area contributed by atoms with Crippen LogP contribution in [0.4, 0.5) is 23.2 Å². The van der Waals surface area contributed by atoms with Gasteiger partial charge in [0.15, 0.2) is 0 Å². The molecule has 2 amide bonds. The number of nitrogens with one attached hydrogen (secondary N) is 2. The molecular weight excluding hydrogens is 640 g/mol. The highest BCUT2D eigenvalue weighted by atomic mass is 19.4. The van der Waals surface area contributed by atoms with Crippen molar-refractivity contribution in [1.82, 2.24) is 10.2 Å². The molecule has 2 aliphatic rings. The topological polar surface area (TPSA) is 114 Å². The predicted octanol–water partition coefficient (Wildman–Crippen LogP) is 6.75. The maximum atomic E-state index is 12.5. The van der Waals surface area contributed by atoms with Crippen LogP contribution in [0.25, 0.3) is 0 Å². The average molecular weight is 689 g/mol. The van der Waals surface area contributed by atoms with Gasteiger partial charge in [0.25, 0.3) is 0 Å². The molecule has 2 atom stereocenters. The predicted molar refractivity (Wildman–Crippen MR) is 184 cm³/mol. The maximum Gasteiger partial charge on any atom is 0.389 e. The fraction of sp³-hybridized carbons (Fsp3) is 0.432. The summed E-state index contributed by atoms with van der Waals surface area (Å²) in [5.74, 6) is 0.842. The molecule has 1 aliphatic heterocycles. The van der Waals surface area contributed by atoms with Crippen molar-refractivity contribution in [3.8, 4) is 5.75 Å². The van der Waals surface area contributed by atoms with Crippen LogP contribution in [-0.4, -0.2) is 68.5 Å². The Labute approximate surface area is 286 Å². The summed E-state index contributed by atoms with van der Waals surface area (Å²) in [7, 11) is 1.89. The van der Waals surface area contributed by atoms with E-state index >= 15 is 0 Å². The van der Waals surface area contributed by atoms with Crippen LogP contribution >= 0.6 is 0 Å². The van der Waals surface area contributed by atoms with E-state index < -0.39 is 12.6 Å². The number of halogens is 4. The molecule has 49 heavy (non-hydrogen) atoms. The van der Waals surface area contributed by atoms with E-state index in [4.69, 9.17) is 9.53 Å². The van der Waals surface area contributed by atoms with E-state index in [0.29, 0.717) is 31.0 Å². The number of amides is 2. The molecule has 1 heterocycles. The van der Waals surface area contributed by atoms with Crippen molar-refractivity contribution in [1.29, 1.82) is 0 Å². The van der Waals surface area contributed by atoms with Crippen LogP contribution in [-0.2, 0) is 16.0 Å². The van der Waals surface area contributed by atoms with E-state index in [1.54, 1.807) is 24.3 Å². The minimum Gasteiger partial charge on any atom is -0.486 e. The van der Waals surface area contributed by atoms with Gasteiger partial charge in [-0.3, -0.25) is 14.4 Å². The summed E-state index contributed by atoms with van der Waals surface area (Å²) < 4.78 is 54.7. The number of likely N-dealkylation sites (tertiary alicyclic amines) is 1. The summed E-state index contributed by atoms with van der Waals surface area (Å²) in [5.41, 5.74) is 7.96. The van der Waals surface area contributed by atoms with Gasteiger partial charge in [-0.1, -0.05) is 48.5 Å². The first-order chi connectivity index (χ1) is 23.2. The number of para-hydroxylation sites is 2. The Morgan fingerprint density at radius 3 is 2.08 bits per heavy atom. The Morgan fingerprint density at radius 1 is 0.939 bits per heavy atom. The van der Waals surface area contributed by atoms with Gasteiger partial charge in [-0.25, -0.2) is 4.39 Å². The first-order valence-corrected chi connectivity index (χ1v) is 16.1. The second-order valence-corrected chi connectivity index (χ2v) is 12.8. The Hall–Kier alpha value is -4.45. The van der Waals surface area contributed by atoms with E-state index in [-0.39, 0.29) is 29.8 Å². The minimum atomic E-state index is -4.03. The molecule has 3 aromatic carbocycles. The summed E-state index contributed by atoms with van der Waals surface area (Å²) in [5, 5.41) is 5.80. The quantitative estimate of drug-likeness (QED) is 0.152. The van der Waals surface area contributed by atoms with E-state index in [2.05, 4.69) is 21.3 Å². The third-order valence-corrected chi connectivity index (χ3v) is 7.55. The number of nitrogens with two attached hydrogens (primary N) is 1. The number of hydrogen-bond acceptors (Lipinski definition) is 6. The SMILES string of the molecule is CNc1ccccc1OC(C)(C)C.NC=O.O=CNC1CC1c1ccc(F)cc1.O=Cc1ccc(CCCN2CC(CC(F)(F)F)C2)cc1. The summed E-state index contributed by atoms with van der Waals surface area (Å²) in [4.78, 5) is 31.3. The molecule has 1 aliphatic carbocycles. The highest BCUT2D eigenvalue weighted by molar-refractivity contribution is 5.74. The molecule has 268 valence electrons. The molecule has 1 saturated carbocycles. The fourth-order valence-electron chi connectivity index (χ4n) is 5.22. The zero-order valence-corrected chi connectivity index (χ0v) is 28.5. The highest BCUT2D eigenvalue weighted by Gasteiger charge is 2.38. The van der Waals surface area contributed by atoms with Gasteiger partial charge in [-0.15, -0.1) is 0 Å². The average Bonchev–Trinajstić information content (AvgIpc) is 3.80. The van der Waals surface area contributed by atoms with Crippen molar-refractivity contribution < 1.29 is 36.7 Å². The third kappa shape index (κ3) is 16.5. The van der Waals surface area contributed by atoms with Crippen molar-refractivity contribution in [2.24, 2.45) is 11.7 Å². The van der Waals surface area contributed by atoms with Crippen LogP contribution in [0.5, 0.6) is 5.75 Å². The minimum absolute atomic E-state index is 0.146. The zero-order valence-electron chi connectivity index (χ0n) is 28.5. The number of nitrogens with zero attached hydrogens (tertiary/aromatic N) is 1. The number of carbonyl (C=O) groups excluding carboxylic acids is 3. The molecule has 4 N–H and O–H groups in total. The largest absolute Gasteiger partial charge is 0.486 e. The van der Waals surface area contributed by atoms with E-state index in [0.717, 1.165) is 54.7 Å². The Morgan fingerprint density at radius 2 is 1.55 bits per heavy atom. The number of anilines is 1. The van der Waals surface area contributed by atoms with Gasteiger partial charge in [0.05, 0.1) is 5.69 Å². The number of hydrogen-bond donors (Lipinski definition) is 3. The smallest absolute Gasteiger partial charge is 0.389 e. The Bertz CT molecular complexity index is 1410. The molecule has 0 radical (unpaired) electrons. The van der Waals surface area contributed by atoms with Crippen molar-refractivity contribution in [3.63, 3.8) is 0 Å². The van der Waals surface area contributed by atoms with E-state index in [1.165, 1.54) is 12.1 Å². The number of rotatable bonds is 11. The molecule has 3 aromatic rings. The van der Waals surface area contributed by atoms with Gasteiger partial charge in [0.1, 0.15) is 23.5 Å². The van der Waals surface area contributed by atoms with Gasteiger partial charge in [-0.2, -0.15) is 13.2 Å². The van der Waals surface area contributed by atoms with Crippen molar-refractivity contribution in [2.75, 3.05) is 32.0 Å². The van der Waals surface area contributed by atoms with Gasteiger partial charge in [0.2, 0.25) is 12.8 Å². The van der Waals surface area contributed by atoms with E-state index in [9.17, 15) is 27.2 Å². The lowest BCUT2D eigenvalue weighted by Gasteiger charge is -2.39. The van der Waals surface area contributed by atoms with Gasteiger partial charge in [-0.05, 0) is 87.9 Å². The van der Waals surface area contributed by atoms with Crippen LogP contribution in [0.3, 0.4) is 0 Å². The number of primary amides is 1. The monoisotopic (exact) mass is 688 g/mol. The number of benzene rings is 3. The number of carbonyl (C=O) groups is 3. The fourth-order valence-corrected chi connectivity index (χ4v) is 5.22. The molecular formula is C37H48F4N4O4. The van der Waals surface area contributed by atoms with Crippen LogP contribution in [0.1, 0.15) is 67.4 Å². The molecule has 8 nitrogen and oxygen atoms in total. The summed E-state index contributed by atoms with van der Waals surface area (Å²) in [6.07, 6.45) is -0.129. The lowest BCUT2D eigenvalue weighted by molar-refractivity contribution is -0.155. The maximum absolute atomic E-state index is 12.5. The zero-order chi connectivity index (χ0) is 36.5. The van der Waals surface area contributed by atoms with E-state index in [1.807, 2.05) is 64.2 Å². The number of ether oxygens (including phenoxy) is 1. The Kier molecular flexibility index (Phi) is 16.7. The van der Waals surface area contributed by atoms with Crippen molar-refractivity contribution in [2.45, 2.75) is 70.2 Å². The molecule has 2 fully saturated rings. The number of aldehydes is 1. The molecule has 0 spiro atoms. The van der Waals surface area contributed by atoms with Crippen LogP contribution < -0.4 is 21.1 Å². The highest BCUT2D eigenvalue weighted by Crippen LogP contribution is 2.40. The lowest BCUT2D eigenvalue weighted by Crippen LogP contribution is -2.48. The van der Waals surface area contributed by atoms with Gasteiger partial charge in [0, 0.05) is 44.1 Å². The van der Waals surface area contributed by atoms with Crippen molar-refractivity contribution >= 4 is 24.8 Å². The molecule has 12 heteroatoms. The number of aryl methyl sites for hydroxylation is 1. The second-order valence-electron chi connectivity index (χ2n) is 12.8.